The van der Waals surface area contributed by atoms with Crippen LogP contribution in [0.5, 0.6) is 17.2 Å². The summed E-state index contributed by atoms with van der Waals surface area (Å²) in [5, 5.41) is 3.06. The Morgan fingerprint density at radius 3 is 2.45 bits per heavy atom. The van der Waals surface area contributed by atoms with E-state index in [0.717, 1.165) is 43.2 Å². The predicted molar refractivity (Wildman–Crippen MR) is 121 cm³/mol. The molecule has 1 atom stereocenters. The van der Waals surface area contributed by atoms with Gasteiger partial charge in [0.25, 0.3) is 5.91 Å². The van der Waals surface area contributed by atoms with E-state index in [1.807, 2.05) is 50.2 Å². The van der Waals surface area contributed by atoms with E-state index in [1.165, 1.54) is 4.90 Å². The van der Waals surface area contributed by atoms with Crippen LogP contribution in [-0.4, -0.2) is 59.0 Å². The summed E-state index contributed by atoms with van der Waals surface area (Å²) in [7, 11) is 3.22. The molecule has 1 fully saturated rings. The van der Waals surface area contributed by atoms with Crippen LogP contribution in [-0.2, 0) is 11.3 Å². The van der Waals surface area contributed by atoms with E-state index in [9.17, 15) is 4.79 Å². The van der Waals surface area contributed by atoms with Crippen molar-refractivity contribution in [2.24, 2.45) is 0 Å². The second-order valence-electron chi connectivity index (χ2n) is 7.67. The topological polar surface area (TPSA) is 64.5 Å². The van der Waals surface area contributed by atoms with Gasteiger partial charge in [-0.3, -0.25) is 4.79 Å². The zero-order chi connectivity index (χ0) is 22.2. The Balaban J connectivity index is 1.52. The van der Waals surface area contributed by atoms with Gasteiger partial charge in [0.1, 0.15) is 5.75 Å². The smallest absolute Gasteiger partial charge is 0.278 e. The van der Waals surface area contributed by atoms with Crippen LogP contribution in [0.1, 0.15) is 19.4 Å². The molecule has 7 nitrogen and oxygen atoms in total. The van der Waals surface area contributed by atoms with Gasteiger partial charge in [-0.1, -0.05) is 18.2 Å². The number of benzene rings is 2. The van der Waals surface area contributed by atoms with Gasteiger partial charge in [0.15, 0.2) is 17.5 Å². The largest absolute Gasteiger partial charge is 0.493 e. The molecule has 2 N–H and O–H groups in total. The van der Waals surface area contributed by atoms with Crippen LogP contribution in [0.25, 0.3) is 0 Å². The van der Waals surface area contributed by atoms with E-state index < -0.39 is 0 Å². The van der Waals surface area contributed by atoms with Crippen LogP contribution in [0, 0.1) is 0 Å². The molecule has 0 saturated carbocycles. The molecule has 0 aliphatic carbocycles. The van der Waals surface area contributed by atoms with E-state index in [-0.39, 0.29) is 11.9 Å². The fraction of sp³-hybridized carbons (Fsp3) is 0.458. The number of quaternary nitrogens is 1. The second-order valence-corrected chi connectivity index (χ2v) is 7.67. The van der Waals surface area contributed by atoms with Gasteiger partial charge >= 0.3 is 0 Å². The van der Waals surface area contributed by atoms with Crippen molar-refractivity contribution in [2.75, 3.05) is 51.9 Å². The van der Waals surface area contributed by atoms with E-state index in [0.29, 0.717) is 24.7 Å². The number of piperazine rings is 1. The molecule has 3 rings (SSSR count). The van der Waals surface area contributed by atoms with Gasteiger partial charge in [0.05, 0.1) is 52.7 Å². The van der Waals surface area contributed by atoms with Crippen LogP contribution in [0.2, 0.25) is 0 Å². The predicted octanol–water partition coefficient (Wildman–Crippen LogP) is 1.51. The summed E-state index contributed by atoms with van der Waals surface area (Å²) >= 11 is 0. The zero-order valence-corrected chi connectivity index (χ0v) is 18.9. The first-order valence-electron chi connectivity index (χ1n) is 10.9. The van der Waals surface area contributed by atoms with Crippen LogP contribution >= 0.6 is 0 Å². The van der Waals surface area contributed by atoms with Crippen molar-refractivity contribution in [1.82, 2.24) is 5.32 Å². The highest BCUT2D eigenvalue weighted by atomic mass is 16.5. The molecule has 0 aromatic heterocycles. The van der Waals surface area contributed by atoms with Crippen molar-refractivity contribution >= 4 is 11.6 Å². The summed E-state index contributed by atoms with van der Waals surface area (Å²) in [5.41, 5.74) is 2.11. The Bertz CT molecular complexity index is 866. The van der Waals surface area contributed by atoms with Crippen molar-refractivity contribution in [2.45, 2.75) is 26.4 Å². The highest BCUT2D eigenvalue weighted by Crippen LogP contribution is 2.28. The molecular formula is C24H34N3O4+. The maximum atomic E-state index is 12.8. The fourth-order valence-electron chi connectivity index (χ4n) is 3.98. The summed E-state index contributed by atoms with van der Waals surface area (Å²) in [5.74, 6) is 2.33. The van der Waals surface area contributed by atoms with Gasteiger partial charge < -0.3 is 29.3 Å². The van der Waals surface area contributed by atoms with E-state index in [1.54, 1.807) is 14.2 Å². The molecule has 0 unspecified atom stereocenters. The number of amides is 1. The van der Waals surface area contributed by atoms with Crippen LogP contribution < -0.4 is 29.3 Å². The minimum atomic E-state index is -0.107. The monoisotopic (exact) mass is 428 g/mol. The van der Waals surface area contributed by atoms with Crippen LogP contribution in [0.4, 0.5) is 5.69 Å². The van der Waals surface area contributed by atoms with Gasteiger partial charge in [-0.15, -0.1) is 0 Å². The molecule has 2 aromatic carbocycles. The van der Waals surface area contributed by atoms with E-state index >= 15 is 0 Å². The van der Waals surface area contributed by atoms with Crippen molar-refractivity contribution < 1.29 is 23.9 Å². The molecule has 1 aliphatic heterocycles. The first-order chi connectivity index (χ1) is 15.1. The fourth-order valence-corrected chi connectivity index (χ4v) is 3.98. The van der Waals surface area contributed by atoms with Gasteiger partial charge in [0, 0.05) is 6.54 Å². The standard InChI is InChI=1S/C24H33N3O4/c1-5-31-21-9-7-6-8-20(21)27-14-12-26(13-15-27)18(2)24(28)25-17-19-10-11-22(29-3)23(16-19)30-4/h6-11,16,18H,5,12-15,17H2,1-4H3,(H,25,28)/p+1/t18-/m0/s1. The number of hydrogen-bond acceptors (Lipinski definition) is 5. The average Bonchev–Trinajstić information content (AvgIpc) is 2.82. The number of nitrogens with zero attached hydrogens (tertiary/aromatic N) is 1. The van der Waals surface area contributed by atoms with Crippen molar-refractivity contribution in [3.05, 3.63) is 48.0 Å². The Kier molecular flexibility index (Phi) is 8.00. The number of carbonyl (C=O) groups excluding carboxylic acids is 1. The minimum Gasteiger partial charge on any atom is -0.493 e. The third kappa shape index (κ3) is 5.61. The van der Waals surface area contributed by atoms with Crippen molar-refractivity contribution in [3.8, 4) is 17.2 Å². The maximum absolute atomic E-state index is 12.8. The third-order valence-electron chi connectivity index (χ3n) is 5.83. The Morgan fingerprint density at radius 2 is 1.77 bits per heavy atom. The SMILES string of the molecule is CCOc1ccccc1N1CC[NH+]([C@@H](C)C(=O)NCc2ccc(OC)c(OC)c2)CC1. The molecule has 0 spiro atoms. The summed E-state index contributed by atoms with van der Waals surface area (Å²) in [4.78, 5) is 16.4. The molecule has 1 saturated heterocycles. The Hall–Kier alpha value is -2.93. The molecule has 1 heterocycles. The van der Waals surface area contributed by atoms with Gasteiger partial charge in [0.2, 0.25) is 0 Å². The van der Waals surface area contributed by atoms with Crippen LogP contribution in [0.15, 0.2) is 42.5 Å². The van der Waals surface area contributed by atoms with Crippen LogP contribution in [0.3, 0.4) is 0 Å². The number of hydrogen-bond donors (Lipinski definition) is 2. The lowest BCUT2D eigenvalue weighted by atomic mass is 10.1. The quantitative estimate of drug-likeness (QED) is 0.634. The van der Waals surface area contributed by atoms with Crippen molar-refractivity contribution in [1.29, 1.82) is 0 Å². The molecular weight excluding hydrogens is 394 g/mol. The first kappa shape index (κ1) is 22.7. The summed E-state index contributed by atoms with van der Waals surface area (Å²) in [6.45, 7) is 8.73. The van der Waals surface area contributed by atoms with E-state index in [2.05, 4.69) is 16.3 Å². The molecule has 0 radical (unpaired) electrons. The number of rotatable bonds is 9. The number of carbonyl (C=O) groups is 1. The molecule has 1 amide bonds. The lowest BCUT2D eigenvalue weighted by Gasteiger charge is -2.36. The molecule has 2 aromatic rings. The second kappa shape index (κ2) is 10.9. The zero-order valence-electron chi connectivity index (χ0n) is 18.9. The minimum absolute atomic E-state index is 0.0629. The maximum Gasteiger partial charge on any atom is 0.278 e. The summed E-state index contributed by atoms with van der Waals surface area (Å²) in [6, 6.07) is 13.7. The number of nitrogens with one attached hydrogen (secondary N) is 2. The summed E-state index contributed by atoms with van der Waals surface area (Å²) < 4.78 is 16.4. The lowest BCUT2D eigenvalue weighted by molar-refractivity contribution is -0.914. The number of methoxy groups -OCH3 is 2. The highest BCUT2D eigenvalue weighted by Gasteiger charge is 2.29. The molecule has 31 heavy (non-hydrogen) atoms. The molecule has 0 bridgehead atoms. The lowest BCUT2D eigenvalue weighted by Crippen LogP contribution is -3.19. The molecule has 168 valence electrons. The van der Waals surface area contributed by atoms with E-state index in [4.69, 9.17) is 14.2 Å². The third-order valence-corrected chi connectivity index (χ3v) is 5.83. The highest BCUT2D eigenvalue weighted by molar-refractivity contribution is 5.80. The molecule has 7 heteroatoms. The van der Waals surface area contributed by atoms with Gasteiger partial charge in [-0.25, -0.2) is 0 Å². The van der Waals surface area contributed by atoms with Gasteiger partial charge in [-0.05, 0) is 43.7 Å². The Labute approximate surface area is 184 Å². The normalized spacial score (nSPS) is 15.3. The number of para-hydroxylation sites is 2. The van der Waals surface area contributed by atoms with Crippen molar-refractivity contribution in [3.63, 3.8) is 0 Å². The number of ether oxygens (including phenoxy) is 3. The Morgan fingerprint density at radius 1 is 1.06 bits per heavy atom. The summed E-state index contributed by atoms with van der Waals surface area (Å²) in [6.07, 6.45) is 0. The van der Waals surface area contributed by atoms with Gasteiger partial charge in [-0.2, -0.15) is 0 Å². The first-order valence-corrected chi connectivity index (χ1v) is 10.9. The molecule has 1 aliphatic rings. The average molecular weight is 429 g/mol. The number of anilines is 1.